The molecular formula is C22H22N2O6. The summed E-state index contributed by atoms with van der Waals surface area (Å²) in [6.45, 7) is 1.47. The quantitative estimate of drug-likeness (QED) is 0.630. The lowest BCUT2D eigenvalue weighted by Crippen LogP contribution is -2.98. The fraction of sp³-hybridized carbons (Fsp3) is 0.318. The third-order valence-corrected chi connectivity index (χ3v) is 6.22. The molecular weight excluding hydrogens is 388 g/mol. The van der Waals surface area contributed by atoms with Gasteiger partial charge in [0.15, 0.2) is 0 Å². The van der Waals surface area contributed by atoms with Crippen LogP contribution in [-0.4, -0.2) is 40.4 Å². The Bertz CT molecular complexity index is 1020. The molecule has 0 aromatic heterocycles. The monoisotopic (exact) mass is 410 g/mol. The largest absolute Gasteiger partial charge is 0.544 e. The zero-order chi connectivity index (χ0) is 21.6. The summed E-state index contributed by atoms with van der Waals surface area (Å²) in [5.41, 5.74) is -0.500. The lowest BCUT2D eigenvalue weighted by Gasteiger charge is -2.29. The van der Waals surface area contributed by atoms with E-state index >= 15 is 0 Å². The van der Waals surface area contributed by atoms with E-state index in [1.807, 2.05) is 6.07 Å². The molecule has 2 fully saturated rings. The van der Waals surface area contributed by atoms with Crippen LogP contribution in [0.2, 0.25) is 0 Å². The molecule has 0 radical (unpaired) electrons. The van der Waals surface area contributed by atoms with Gasteiger partial charge >= 0.3 is 0 Å². The van der Waals surface area contributed by atoms with E-state index in [9.17, 15) is 24.6 Å². The van der Waals surface area contributed by atoms with E-state index in [4.69, 9.17) is 4.74 Å². The number of carbonyl (C=O) groups excluding carboxylic acids is 3. The highest BCUT2D eigenvalue weighted by molar-refractivity contribution is 6.08. The topological polar surface area (TPSA) is 124 Å². The van der Waals surface area contributed by atoms with E-state index in [0.717, 1.165) is 10.5 Å². The van der Waals surface area contributed by atoms with Crippen molar-refractivity contribution in [3.63, 3.8) is 0 Å². The minimum atomic E-state index is -1.64. The zero-order valence-corrected chi connectivity index (χ0v) is 16.6. The van der Waals surface area contributed by atoms with Crippen LogP contribution in [0.3, 0.4) is 0 Å². The number of hydrogen-bond acceptors (Lipinski definition) is 6. The number of benzene rings is 2. The third-order valence-electron chi connectivity index (χ3n) is 6.22. The number of hydrogen-bond donors (Lipinski definition) is 2. The lowest BCUT2D eigenvalue weighted by atomic mass is 9.80. The fourth-order valence-corrected chi connectivity index (χ4v) is 4.66. The summed E-state index contributed by atoms with van der Waals surface area (Å²) < 4.78 is 5.10. The molecule has 2 amide bonds. The highest BCUT2D eigenvalue weighted by Gasteiger charge is 2.68. The maximum absolute atomic E-state index is 13.3. The summed E-state index contributed by atoms with van der Waals surface area (Å²) in [7, 11) is 1.46. The van der Waals surface area contributed by atoms with Gasteiger partial charge in [-0.3, -0.25) is 14.5 Å². The Balaban J connectivity index is 1.76. The number of likely N-dealkylation sites (tertiary alicyclic amines) is 1. The van der Waals surface area contributed by atoms with Crippen LogP contribution in [0, 0.1) is 11.8 Å². The molecule has 30 heavy (non-hydrogen) atoms. The molecule has 4 atom stereocenters. The Kier molecular flexibility index (Phi) is 4.74. The normalized spacial score (nSPS) is 27.9. The standard InChI is InChI=1S/C22H22N2O6/c1-22(21(28)29)17-16(18(23-22)14-9-8-13(30-2)10-15(14)25)19(26)24(20(17)27)11-12-6-4-3-5-7-12/h3-10,16-18,23,25H,11H2,1-2H3,(H,28,29)/t16-,17-,18-,22-/m0/s1. The van der Waals surface area contributed by atoms with Crippen molar-refractivity contribution in [2.75, 3.05) is 7.11 Å². The summed E-state index contributed by atoms with van der Waals surface area (Å²) in [6, 6.07) is 12.9. The van der Waals surface area contributed by atoms with Crippen LogP contribution in [0.5, 0.6) is 11.5 Å². The van der Waals surface area contributed by atoms with Crippen molar-refractivity contribution in [1.82, 2.24) is 4.90 Å². The van der Waals surface area contributed by atoms with Gasteiger partial charge < -0.3 is 25.1 Å². The molecule has 156 valence electrons. The molecule has 8 heteroatoms. The lowest BCUT2D eigenvalue weighted by molar-refractivity contribution is -0.735. The van der Waals surface area contributed by atoms with Crippen LogP contribution < -0.4 is 15.2 Å². The van der Waals surface area contributed by atoms with Gasteiger partial charge in [-0.2, -0.15) is 0 Å². The number of rotatable bonds is 5. The van der Waals surface area contributed by atoms with Crippen molar-refractivity contribution >= 4 is 17.8 Å². The van der Waals surface area contributed by atoms with Crippen LogP contribution in [0.25, 0.3) is 0 Å². The van der Waals surface area contributed by atoms with Gasteiger partial charge in [0.2, 0.25) is 11.8 Å². The first-order chi connectivity index (χ1) is 14.3. The van der Waals surface area contributed by atoms with E-state index < -0.39 is 41.2 Å². The summed E-state index contributed by atoms with van der Waals surface area (Å²) in [5.74, 6) is -4.13. The number of phenolic OH excluding ortho intramolecular Hbond substituents is 1. The van der Waals surface area contributed by atoms with Crippen molar-refractivity contribution in [2.45, 2.75) is 25.0 Å². The number of nitrogens with two attached hydrogens (primary N) is 1. The second-order valence-electron chi connectivity index (χ2n) is 7.94. The molecule has 2 aromatic carbocycles. The molecule has 2 aliphatic rings. The number of carboxylic acid groups (broad SMARTS) is 1. The number of aliphatic carboxylic acids is 1. The molecule has 0 spiro atoms. The molecule has 2 saturated heterocycles. The molecule has 0 saturated carbocycles. The molecule has 2 aliphatic heterocycles. The SMILES string of the molecule is COc1ccc([C@@H]2[NH2+][C@](C)(C(=O)[O-])[C@@H]3C(=O)N(Cc4ccccc4)C(=O)[C@@H]32)c(O)c1. The second-order valence-corrected chi connectivity index (χ2v) is 7.94. The number of imide groups is 1. The van der Waals surface area contributed by atoms with E-state index in [1.54, 1.807) is 36.4 Å². The predicted molar refractivity (Wildman–Crippen MR) is 102 cm³/mol. The van der Waals surface area contributed by atoms with Gasteiger partial charge in [-0.05, 0) is 24.6 Å². The predicted octanol–water partition coefficient (Wildman–Crippen LogP) is -0.671. The number of ether oxygens (including phenoxy) is 1. The third kappa shape index (κ3) is 2.91. The summed E-state index contributed by atoms with van der Waals surface area (Å²) in [5, 5.41) is 24.0. The second kappa shape index (κ2) is 7.14. The van der Waals surface area contributed by atoms with Crippen molar-refractivity contribution in [2.24, 2.45) is 11.8 Å². The minimum absolute atomic E-state index is 0.0654. The van der Waals surface area contributed by atoms with E-state index in [0.29, 0.717) is 11.3 Å². The first-order valence-corrected chi connectivity index (χ1v) is 9.61. The average molecular weight is 410 g/mol. The van der Waals surface area contributed by atoms with Crippen molar-refractivity contribution in [1.29, 1.82) is 0 Å². The Morgan fingerprint density at radius 3 is 2.50 bits per heavy atom. The van der Waals surface area contributed by atoms with E-state index in [1.165, 1.54) is 25.4 Å². The number of nitrogens with zero attached hydrogens (tertiary/aromatic N) is 1. The van der Waals surface area contributed by atoms with Crippen molar-refractivity contribution in [3.05, 3.63) is 59.7 Å². The van der Waals surface area contributed by atoms with Gasteiger partial charge in [0.05, 0.1) is 19.2 Å². The fourth-order valence-electron chi connectivity index (χ4n) is 4.66. The van der Waals surface area contributed by atoms with Crippen LogP contribution >= 0.6 is 0 Å². The molecule has 3 N–H and O–H groups in total. The van der Waals surface area contributed by atoms with Crippen LogP contribution in [0.4, 0.5) is 0 Å². The highest BCUT2D eigenvalue weighted by atomic mass is 16.5. The maximum atomic E-state index is 13.3. The Labute approximate surface area is 173 Å². The zero-order valence-electron chi connectivity index (χ0n) is 16.6. The molecule has 0 bridgehead atoms. The first-order valence-electron chi connectivity index (χ1n) is 9.61. The summed E-state index contributed by atoms with van der Waals surface area (Å²) >= 11 is 0. The average Bonchev–Trinajstić information content (AvgIpc) is 3.18. The van der Waals surface area contributed by atoms with Crippen LogP contribution in [-0.2, 0) is 20.9 Å². The number of quaternary nitrogens is 1. The number of phenols is 1. The molecule has 2 heterocycles. The van der Waals surface area contributed by atoms with Crippen molar-refractivity contribution < 1.29 is 34.7 Å². The van der Waals surface area contributed by atoms with Gasteiger partial charge in [-0.15, -0.1) is 0 Å². The first kappa shape index (κ1) is 19.9. The Morgan fingerprint density at radius 1 is 1.20 bits per heavy atom. The van der Waals surface area contributed by atoms with E-state index in [-0.39, 0.29) is 12.3 Å². The van der Waals surface area contributed by atoms with Gasteiger partial charge in [0.1, 0.15) is 40.9 Å². The number of methoxy groups -OCH3 is 1. The number of carbonyl (C=O) groups is 3. The minimum Gasteiger partial charge on any atom is -0.544 e. The highest BCUT2D eigenvalue weighted by Crippen LogP contribution is 2.46. The summed E-state index contributed by atoms with van der Waals surface area (Å²) in [6.07, 6.45) is 0. The van der Waals surface area contributed by atoms with Gasteiger partial charge in [-0.1, -0.05) is 30.3 Å². The number of carboxylic acids is 1. The maximum Gasteiger partial charge on any atom is 0.240 e. The van der Waals surface area contributed by atoms with Crippen LogP contribution in [0.1, 0.15) is 24.1 Å². The van der Waals surface area contributed by atoms with Crippen molar-refractivity contribution in [3.8, 4) is 11.5 Å². The molecule has 8 nitrogen and oxygen atoms in total. The van der Waals surface area contributed by atoms with Gasteiger partial charge in [0, 0.05) is 6.07 Å². The molecule has 2 aromatic rings. The smallest absolute Gasteiger partial charge is 0.240 e. The molecule has 0 unspecified atom stereocenters. The summed E-state index contributed by atoms with van der Waals surface area (Å²) in [4.78, 5) is 39.6. The number of amides is 2. The van der Waals surface area contributed by atoms with Gasteiger partial charge in [-0.25, -0.2) is 0 Å². The molecule has 0 aliphatic carbocycles. The van der Waals surface area contributed by atoms with Crippen LogP contribution in [0.15, 0.2) is 48.5 Å². The van der Waals surface area contributed by atoms with Gasteiger partial charge in [0.25, 0.3) is 0 Å². The number of fused-ring (bicyclic) bond motifs is 1. The molecule has 4 rings (SSSR count). The number of aromatic hydroxyl groups is 1. The van der Waals surface area contributed by atoms with E-state index in [2.05, 4.69) is 0 Å². The Hall–Kier alpha value is -3.39. The Morgan fingerprint density at radius 2 is 1.90 bits per heavy atom.